The molecule has 0 radical (unpaired) electrons. The topological polar surface area (TPSA) is 49.4 Å². The number of benzene rings is 2. The number of urea groups is 1. The van der Waals surface area contributed by atoms with Crippen molar-refractivity contribution in [3.8, 4) is 0 Å². The van der Waals surface area contributed by atoms with E-state index in [1.807, 2.05) is 42.5 Å². The summed E-state index contributed by atoms with van der Waals surface area (Å²) < 4.78 is 1.07. The van der Waals surface area contributed by atoms with Crippen molar-refractivity contribution in [1.82, 2.24) is 10.2 Å². The van der Waals surface area contributed by atoms with Gasteiger partial charge in [-0.05, 0) is 54.1 Å². The van der Waals surface area contributed by atoms with Gasteiger partial charge < -0.3 is 5.32 Å². The van der Waals surface area contributed by atoms with E-state index in [1.54, 1.807) is 47.4 Å². The number of halogens is 2. The lowest BCUT2D eigenvalue weighted by molar-refractivity contribution is -0.123. The molecule has 29 heavy (non-hydrogen) atoms. The molecule has 1 fully saturated rings. The first-order valence-electron chi connectivity index (χ1n) is 8.61. The summed E-state index contributed by atoms with van der Waals surface area (Å²) in [5.41, 5.74) is 0.976. The van der Waals surface area contributed by atoms with Crippen LogP contribution in [0.4, 0.5) is 4.79 Å². The lowest BCUT2D eigenvalue weighted by Gasteiger charge is -2.12. The van der Waals surface area contributed by atoms with Crippen LogP contribution in [0.15, 0.2) is 75.5 Å². The van der Waals surface area contributed by atoms with Gasteiger partial charge in [0.1, 0.15) is 5.70 Å². The molecule has 8 heteroatoms. The molecule has 1 N–H and O–H groups in total. The molecule has 1 aliphatic heterocycles. The standard InChI is InChI=1S/C21H14Cl2N2O2S2/c22-14-5-7-15(8-6-14)28-19-10-9-16(29-19)11-18-20(26)25(21(27)24-18)12-13-3-1-2-4-17(13)23/h1-11H,12H2,(H,24,27). The van der Waals surface area contributed by atoms with Crippen LogP contribution in [0.1, 0.15) is 10.4 Å². The van der Waals surface area contributed by atoms with E-state index in [0.29, 0.717) is 10.0 Å². The van der Waals surface area contributed by atoms with E-state index >= 15 is 0 Å². The summed E-state index contributed by atoms with van der Waals surface area (Å²) in [4.78, 5) is 28.1. The lowest BCUT2D eigenvalue weighted by atomic mass is 10.2. The van der Waals surface area contributed by atoms with E-state index in [-0.39, 0.29) is 18.1 Å². The molecule has 0 aliphatic carbocycles. The summed E-state index contributed by atoms with van der Waals surface area (Å²) >= 11 is 15.2. The van der Waals surface area contributed by atoms with E-state index in [0.717, 1.165) is 24.4 Å². The Morgan fingerprint density at radius 1 is 1.00 bits per heavy atom. The van der Waals surface area contributed by atoms with E-state index < -0.39 is 6.03 Å². The molecule has 4 rings (SSSR count). The van der Waals surface area contributed by atoms with Gasteiger partial charge in [0.15, 0.2) is 0 Å². The van der Waals surface area contributed by atoms with E-state index in [9.17, 15) is 9.59 Å². The number of rotatable bonds is 5. The van der Waals surface area contributed by atoms with Crippen LogP contribution in [-0.4, -0.2) is 16.8 Å². The van der Waals surface area contributed by atoms with Crippen molar-refractivity contribution in [3.63, 3.8) is 0 Å². The largest absolute Gasteiger partial charge is 0.329 e. The fraction of sp³-hybridized carbons (Fsp3) is 0.0476. The summed E-state index contributed by atoms with van der Waals surface area (Å²) in [7, 11) is 0. The molecule has 0 saturated carbocycles. The van der Waals surface area contributed by atoms with Crippen molar-refractivity contribution in [2.24, 2.45) is 0 Å². The third-order valence-electron chi connectivity index (χ3n) is 4.17. The summed E-state index contributed by atoms with van der Waals surface area (Å²) in [6.45, 7) is 0.129. The number of imide groups is 1. The van der Waals surface area contributed by atoms with Gasteiger partial charge in [-0.2, -0.15) is 0 Å². The number of nitrogens with one attached hydrogen (secondary N) is 1. The van der Waals surface area contributed by atoms with Crippen molar-refractivity contribution in [2.45, 2.75) is 15.6 Å². The van der Waals surface area contributed by atoms with Crippen molar-refractivity contribution in [1.29, 1.82) is 0 Å². The van der Waals surface area contributed by atoms with Crippen LogP contribution in [0.25, 0.3) is 6.08 Å². The second kappa shape index (κ2) is 8.63. The van der Waals surface area contributed by atoms with Gasteiger partial charge in [-0.15, -0.1) is 11.3 Å². The van der Waals surface area contributed by atoms with Gasteiger partial charge in [-0.1, -0.05) is 53.2 Å². The van der Waals surface area contributed by atoms with E-state index in [1.165, 1.54) is 0 Å². The van der Waals surface area contributed by atoms with Gasteiger partial charge >= 0.3 is 6.03 Å². The highest BCUT2D eigenvalue weighted by atomic mass is 35.5. The number of amides is 3. The van der Waals surface area contributed by atoms with E-state index in [4.69, 9.17) is 23.2 Å². The molecule has 2 aromatic carbocycles. The minimum atomic E-state index is -0.450. The third kappa shape index (κ3) is 4.67. The number of nitrogens with zero attached hydrogens (tertiary/aromatic N) is 1. The predicted molar refractivity (Wildman–Crippen MR) is 118 cm³/mol. The first-order chi connectivity index (χ1) is 14.0. The maximum Gasteiger partial charge on any atom is 0.329 e. The molecule has 1 aromatic heterocycles. The molecule has 4 nitrogen and oxygen atoms in total. The van der Waals surface area contributed by atoms with Crippen LogP contribution in [-0.2, 0) is 11.3 Å². The van der Waals surface area contributed by atoms with Crippen LogP contribution in [0.2, 0.25) is 10.0 Å². The Morgan fingerprint density at radius 3 is 2.52 bits per heavy atom. The van der Waals surface area contributed by atoms with Crippen LogP contribution in [0, 0.1) is 0 Å². The Kier molecular flexibility index (Phi) is 5.96. The van der Waals surface area contributed by atoms with Gasteiger partial charge in [0.2, 0.25) is 0 Å². The first-order valence-corrected chi connectivity index (χ1v) is 11.0. The zero-order valence-electron chi connectivity index (χ0n) is 14.9. The molecule has 0 bridgehead atoms. The molecule has 3 amide bonds. The maximum absolute atomic E-state index is 12.7. The summed E-state index contributed by atoms with van der Waals surface area (Å²) in [5.74, 6) is -0.366. The molecule has 0 unspecified atom stereocenters. The maximum atomic E-state index is 12.7. The van der Waals surface area contributed by atoms with Crippen molar-refractivity contribution in [2.75, 3.05) is 0 Å². The Morgan fingerprint density at radius 2 is 1.76 bits per heavy atom. The normalized spacial score (nSPS) is 15.2. The number of carbonyl (C=O) groups is 2. The van der Waals surface area contributed by atoms with Crippen LogP contribution >= 0.6 is 46.3 Å². The minimum Gasteiger partial charge on any atom is -0.303 e. The van der Waals surface area contributed by atoms with Gasteiger partial charge in [-0.3, -0.25) is 9.69 Å². The Bertz CT molecular complexity index is 1110. The summed E-state index contributed by atoms with van der Waals surface area (Å²) in [6.07, 6.45) is 1.70. The number of thiophene rings is 1. The fourth-order valence-corrected chi connectivity index (χ4v) is 5.13. The average molecular weight is 461 g/mol. The molecule has 0 atom stereocenters. The van der Waals surface area contributed by atoms with Crippen LogP contribution in [0.5, 0.6) is 0 Å². The van der Waals surface area contributed by atoms with Crippen molar-refractivity contribution < 1.29 is 9.59 Å². The molecule has 146 valence electrons. The van der Waals surface area contributed by atoms with Gasteiger partial charge in [0.25, 0.3) is 5.91 Å². The van der Waals surface area contributed by atoms with Gasteiger partial charge in [-0.25, -0.2) is 4.79 Å². The number of hydrogen-bond acceptors (Lipinski definition) is 4. The Balaban J connectivity index is 1.48. The molecular formula is C21H14Cl2N2O2S2. The van der Waals surface area contributed by atoms with Crippen molar-refractivity contribution in [3.05, 3.63) is 86.8 Å². The SMILES string of the molecule is O=C1NC(=Cc2ccc(Sc3ccc(Cl)cc3)s2)C(=O)N1Cc1ccccc1Cl. The Labute approximate surface area is 186 Å². The lowest BCUT2D eigenvalue weighted by Crippen LogP contribution is -2.30. The second-order valence-corrected chi connectivity index (χ2v) is 9.52. The number of carbonyl (C=O) groups excluding carboxylic acids is 2. The highest BCUT2D eigenvalue weighted by Crippen LogP contribution is 2.35. The quantitative estimate of drug-likeness (QED) is 0.358. The summed E-state index contributed by atoms with van der Waals surface area (Å²) in [6, 6.07) is 18.2. The van der Waals surface area contributed by atoms with Crippen molar-refractivity contribution >= 4 is 64.3 Å². The minimum absolute atomic E-state index is 0.129. The molecule has 1 aliphatic rings. The third-order valence-corrected chi connectivity index (χ3v) is 6.96. The zero-order valence-corrected chi connectivity index (χ0v) is 18.0. The molecule has 2 heterocycles. The van der Waals surface area contributed by atoms with Crippen LogP contribution in [0.3, 0.4) is 0 Å². The first kappa shape index (κ1) is 20.0. The molecular weight excluding hydrogens is 447 g/mol. The highest BCUT2D eigenvalue weighted by molar-refractivity contribution is 8.01. The van der Waals surface area contributed by atoms with Gasteiger partial charge in [0, 0.05) is 19.8 Å². The van der Waals surface area contributed by atoms with E-state index in [2.05, 4.69) is 5.32 Å². The number of hydrogen-bond donors (Lipinski definition) is 1. The summed E-state index contributed by atoms with van der Waals surface area (Å²) in [5, 5.41) is 3.87. The molecule has 3 aromatic rings. The molecule has 1 saturated heterocycles. The average Bonchev–Trinajstić information content (AvgIpc) is 3.25. The zero-order chi connectivity index (χ0) is 20.4. The molecule has 0 spiro atoms. The fourth-order valence-electron chi connectivity index (χ4n) is 2.74. The smallest absolute Gasteiger partial charge is 0.303 e. The Hall–Kier alpha value is -2.25. The highest BCUT2D eigenvalue weighted by Gasteiger charge is 2.33. The van der Waals surface area contributed by atoms with Crippen LogP contribution < -0.4 is 5.32 Å². The predicted octanol–water partition coefficient (Wildman–Crippen LogP) is 6.30. The monoisotopic (exact) mass is 460 g/mol. The van der Waals surface area contributed by atoms with Gasteiger partial charge in [0.05, 0.1) is 10.8 Å². The second-order valence-electron chi connectivity index (χ2n) is 6.18.